The van der Waals surface area contributed by atoms with Crippen LogP contribution in [0.3, 0.4) is 0 Å². The van der Waals surface area contributed by atoms with Gasteiger partial charge in [-0.25, -0.2) is 18.7 Å². The largest absolute Gasteiger partial charge is 0.438 e. The first kappa shape index (κ1) is 42.4. The van der Waals surface area contributed by atoms with Gasteiger partial charge in [-0.3, -0.25) is 14.4 Å². The van der Waals surface area contributed by atoms with Crippen molar-refractivity contribution in [2.45, 2.75) is 67.8 Å². The Labute approximate surface area is 335 Å². The molecule has 15 heteroatoms. The Morgan fingerprint density at radius 1 is 0.768 bits per heavy atom. The second-order valence-electron chi connectivity index (χ2n) is 13.8. The number of piperidine rings is 2. The molecule has 0 aliphatic carbocycles. The van der Waals surface area contributed by atoms with Crippen LogP contribution in [0.4, 0.5) is 8.78 Å². The smallest absolute Gasteiger partial charge is 0.257 e. The number of halogens is 2. The van der Waals surface area contributed by atoms with Crippen molar-refractivity contribution in [1.82, 2.24) is 30.8 Å². The molecule has 6 rings (SSSR count). The second kappa shape index (κ2) is 21.0. The van der Waals surface area contributed by atoms with Gasteiger partial charge >= 0.3 is 0 Å². The number of hydrogen-bond donors (Lipinski definition) is 3. The summed E-state index contributed by atoms with van der Waals surface area (Å²) < 4.78 is 39.0. The topological polar surface area (TPSA) is 135 Å². The summed E-state index contributed by atoms with van der Waals surface area (Å²) in [5, 5.41) is 9.13. The molecule has 2 aromatic carbocycles. The van der Waals surface area contributed by atoms with Gasteiger partial charge in [0, 0.05) is 41.4 Å². The van der Waals surface area contributed by atoms with E-state index in [9.17, 15) is 23.2 Å². The third-order valence-electron chi connectivity index (χ3n) is 9.08. The Morgan fingerprint density at radius 2 is 1.23 bits per heavy atom. The molecule has 0 bridgehead atoms. The molecule has 2 aliphatic rings. The van der Waals surface area contributed by atoms with Crippen molar-refractivity contribution in [2.24, 2.45) is 5.92 Å². The monoisotopic (exact) mass is 806 g/mol. The van der Waals surface area contributed by atoms with Crippen molar-refractivity contribution in [3.63, 3.8) is 0 Å². The molecule has 2 aromatic heterocycles. The van der Waals surface area contributed by atoms with Gasteiger partial charge in [-0.2, -0.15) is 0 Å². The lowest BCUT2D eigenvalue weighted by atomic mass is 10.0. The van der Waals surface area contributed by atoms with E-state index in [-0.39, 0.29) is 46.8 Å². The van der Waals surface area contributed by atoms with Crippen LogP contribution in [0.25, 0.3) is 0 Å². The van der Waals surface area contributed by atoms with Gasteiger partial charge in [-0.15, -0.1) is 23.5 Å². The molecular weight excluding hydrogens is 759 g/mol. The fourth-order valence-electron chi connectivity index (χ4n) is 6.14. The van der Waals surface area contributed by atoms with E-state index >= 15 is 0 Å². The molecule has 11 nitrogen and oxygen atoms in total. The number of pyridine rings is 2. The fourth-order valence-corrected chi connectivity index (χ4v) is 7.04. The maximum absolute atomic E-state index is 13.8. The number of thioether (sulfide) groups is 2. The quantitative estimate of drug-likeness (QED) is 0.122. The number of nitrogens with zero attached hydrogens (tertiary/aromatic N) is 3. The Bertz CT molecular complexity index is 1960. The van der Waals surface area contributed by atoms with Gasteiger partial charge in [0.05, 0.1) is 12.4 Å². The molecule has 0 radical (unpaired) electrons. The zero-order valence-corrected chi connectivity index (χ0v) is 33.6. The second-order valence-corrected chi connectivity index (χ2v) is 15.6. The first-order valence-electron chi connectivity index (χ1n) is 18.6. The highest BCUT2D eigenvalue weighted by Crippen LogP contribution is 2.29. The van der Waals surface area contributed by atoms with E-state index in [1.54, 1.807) is 35.7 Å². The van der Waals surface area contributed by atoms with E-state index in [1.165, 1.54) is 0 Å². The Morgan fingerprint density at radius 3 is 1.68 bits per heavy atom. The SMILES string of the molecule is CSc1cccc(Oc2ncc(F)cc2C(=O)NC2CCN(C(=O)CC(C)C)CC2)c1.CSc1cccc(Oc2ncc(F)cc2C(=O)NC2CCNCC2)c1. The number of ether oxygens (including phenoxy) is 2. The lowest BCUT2D eigenvalue weighted by Crippen LogP contribution is -2.46. The molecule has 0 saturated carbocycles. The molecule has 4 heterocycles. The summed E-state index contributed by atoms with van der Waals surface area (Å²) in [4.78, 5) is 49.5. The van der Waals surface area contributed by atoms with Crippen LogP contribution in [0.1, 0.15) is 66.7 Å². The molecule has 2 saturated heterocycles. The average Bonchev–Trinajstić information content (AvgIpc) is 3.20. The van der Waals surface area contributed by atoms with Crippen LogP contribution >= 0.6 is 23.5 Å². The third-order valence-corrected chi connectivity index (χ3v) is 10.5. The summed E-state index contributed by atoms with van der Waals surface area (Å²) in [5.74, 6) is -0.264. The highest BCUT2D eigenvalue weighted by atomic mass is 32.2. The number of hydrogen-bond acceptors (Lipinski definition) is 10. The summed E-state index contributed by atoms with van der Waals surface area (Å²) in [7, 11) is 0. The number of aromatic nitrogens is 2. The van der Waals surface area contributed by atoms with E-state index in [4.69, 9.17) is 9.47 Å². The molecule has 56 heavy (non-hydrogen) atoms. The van der Waals surface area contributed by atoms with E-state index in [0.29, 0.717) is 49.8 Å². The van der Waals surface area contributed by atoms with Gasteiger partial charge in [-0.05, 0) is 106 Å². The van der Waals surface area contributed by atoms with Crippen molar-refractivity contribution >= 4 is 41.2 Å². The van der Waals surface area contributed by atoms with Crippen LogP contribution in [0.2, 0.25) is 0 Å². The van der Waals surface area contributed by atoms with Crippen LogP contribution in [0.15, 0.2) is 82.8 Å². The van der Waals surface area contributed by atoms with E-state index in [1.807, 2.05) is 67.7 Å². The van der Waals surface area contributed by atoms with E-state index in [2.05, 4.69) is 25.9 Å². The van der Waals surface area contributed by atoms with Crippen LogP contribution < -0.4 is 25.4 Å². The Hall–Kier alpha value is -4.73. The summed E-state index contributed by atoms with van der Waals surface area (Å²) in [5.41, 5.74) is 0.154. The number of carbonyl (C=O) groups is 3. The van der Waals surface area contributed by atoms with Crippen molar-refractivity contribution < 1.29 is 32.6 Å². The van der Waals surface area contributed by atoms with Crippen molar-refractivity contribution in [1.29, 1.82) is 0 Å². The minimum Gasteiger partial charge on any atom is -0.438 e. The first-order valence-corrected chi connectivity index (χ1v) is 21.0. The lowest BCUT2D eigenvalue weighted by molar-refractivity contribution is -0.133. The van der Waals surface area contributed by atoms with Crippen molar-refractivity contribution in [2.75, 3.05) is 38.7 Å². The number of likely N-dealkylation sites (tertiary alicyclic amines) is 1. The Kier molecular flexibility index (Phi) is 15.9. The average molecular weight is 807 g/mol. The number of rotatable bonds is 12. The highest BCUT2D eigenvalue weighted by molar-refractivity contribution is 7.98. The Balaban J connectivity index is 0.000000219. The van der Waals surface area contributed by atoms with Gasteiger partial charge in [-0.1, -0.05) is 26.0 Å². The molecule has 0 atom stereocenters. The predicted molar refractivity (Wildman–Crippen MR) is 215 cm³/mol. The van der Waals surface area contributed by atoms with Crippen LogP contribution in [-0.2, 0) is 4.79 Å². The molecule has 0 spiro atoms. The standard InChI is InChI=1S/C23H28FN3O3S.C18H20FN3O2S/c1-15(2)11-21(28)27-9-7-17(8-10-27)26-22(29)20-12-16(24)14-25-23(20)30-18-5-4-6-19(13-18)31-3;1-25-15-4-2-3-14(10-15)24-18-16(9-12(19)11-21-18)17(23)22-13-5-7-20-8-6-13/h4-6,12-15,17H,7-11H2,1-3H3,(H,26,29);2-4,9-11,13,20H,5-8H2,1H3,(H,22,23). The molecule has 3 amide bonds. The van der Waals surface area contributed by atoms with Crippen LogP contribution in [0.5, 0.6) is 23.3 Å². The zero-order valence-electron chi connectivity index (χ0n) is 32.0. The molecular formula is C41H48F2N6O5S2. The summed E-state index contributed by atoms with van der Waals surface area (Å²) in [6.45, 7) is 6.96. The number of nitrogens with one attached hydrogen (secondary N) is 3. The van der Waals surface area contributed by atoms with Gasteiger partial charge in [0.25, 0.3) is 11.8 Å². The van der Waals surface area contributed by atoms with E-state index in [0.717, 1.165) is 60.2 Å². The van der Waals surface area contributed by atoms with Crippen LogP contribution in [-0.4, -0.2) is 83.4 Å². The van der Waals surface area contributed by atoms with Gasteiger partial charge < -0.3 is 30.3 Å². The minimum atomic E-state index is -0.607. The van der Waals surface area contributed by atoms with Gasteiger partial charge in [0.1, 0.15) is 34.3 Å². The molecule has 4 aromatic rings. The van der Waals surface area contributed by atoms with Crippen molar-refractivity contribution in [3.8, 4) is 23.3 Å². The maximum atomic E-state index is 13.8. The number of amides is 3. The predicted octanol–water partition coefficient (Wildman–Crippen LogP) is 7.72. The summed E-state index contributed by atoms with van der Waals surface area (Å²) in [6, 6.07) is 17.1. The molecule has 0 unspecified atom stereocenters. The number of benzene rings is 2. The van der Waals surface area contributed by atoms with Crippen molar-refractivity contribution in [3.05, 3.63) is 95.8 Å². The fraction of sp³-hybridized carbons (Fsp3) is 0.390. The summed E-state index contributed by atoms with van der Waals surface area (Å²) >= 11 is 3.15. The zero-order chi connectivity index (χ0) is 40.0. The molecule has 2 fully saturated rings. The normalized spacial score (nSPS) is 14.7. The van der Waals surface area contributed by atoms with Gasteiger partial charge in [0.15, 0.2) is 0 Å². The summed E-state index contributed by atoms with van der Waals surface area (Å²) in [6.07, 6.45) is 9.54. The molecule has 3 N–H and O–H groups in total. The van der Waals surface area contributed by atoms with Gasteiger partial charge in [0.2, 0.25) is 17.7 Å². The van der Waals surface area contributed by atoms with E-state index < -0.39 is 17.5 Å². The highest BCUT2D eigenvalue weighted by Gasteiger charge is 2.26. The first-order chi connectivity index (χ1) is 27.0. The number of carbonyl (C=O) groups excluding carboxylic acids is 3. The molecule has 298 valence electrons. The molecule has 2 aliphatic heterocycles. The lowest BCUT2D eigenvalue weighted by Gasteiger charge is -2.33. The third kappa shape index (κ3) is 12.6. The maximum Gasteiger partial charge on any atom is 0.257 e. The minimum absolute atomic E-state index is 0.0490. The van der Waals surface area contributed by atoms with Crippen LogP contribution in [0, 0.1) is 17.6 Å².